The van der Waals surface area contributed by atoms with E-state index in [1.807, 2.05) is 30.3 Å². The third-order valence-electron chi connectivity index (χ3n) is 7.23. The number of hydrogen-bond donors (Lipinski definition) is 1. The van der Waals surface area contributed by atoms with Crippen molar-refractivity contribution in [1.29, 1.82) is 5.26 Å². The van der Waals surface area contributed by atoms with E-state index >= 15 is 0 Å². The Morgan fingerprint density at radius 3 is 2.59 bits per heavy atom. The van der Waals surface area contributed by atoms with Gasteiger partial charge in [-0.05, 0) is 52.2 Å². The predicted molar refractivity (Wildman–Crippen MR) is 128 cm³/mol. The van der Waals surface area contributed by atoms with E-state index in [1.54, 1.807) is 17.9 Å². The van der Waals surface area contributed by atoms with Crippen LogP contribution >= 0.6 is 0 Å². The normalized spacial score (nSPS) is 19.8. The second-order valence-corrected chi connectivity index (χ2v) is 9.29. The van der Waals surface area contributed by atoms with Crippen LogP contribution in [-0.4, -0.2) is 90.8 Å². The molecule has 0 spiro atoms. The molecule has 1 aromatic heterocycles. The van der Waals surface area contributed by atoms with Crippen molar-refractivity contribution in [3.05, 3.63) is 70.8 Å². The number of nitriles is 1. The van der Waals surface area contributed by atoms with E-state index in [1.165, 1.54) is 22.0 Å². The van der Waals surface area contributed by atoms with Crippen LogP contribution in [-0.2, 0) is 11.2 Å². The molecule has 3 aromatic rings. The number of carboxylic acid groups (broad SMARTS) is 1. The van der Waals surface area contributed by atoms with E-state index in [9.17, 15) is 24.3 Å². The number of benzene rings is 2. The van der Waals surface area contributed by atoms with Gasteiger partial charge in [-0.25, -0.2) is 13.9 Å². The molecular weight excluding hydrogens is 479 g/mol. The van der Waals surface area contributed by atoms with E-state index in [-0.39, 0.29) is 30.5 Å². The van der Waals surface area contributed by atoms with Crippen LogP contribution in [0.4, 0.5) is 9.18 Å². The van der Waals surface area contributed by atoms with Gasteiger partial charge in [0.15, 0.2) is 0 Å². The van der Waals surface area contributed by atoms with E-state index in [2.05, 4.69) is 20.4 Å². The molecule has 5 rings (SSSR count). The predicted octanol–water partition coefficient (Wildman–Crippen LogP) is 1.77. The lowest BCUT2D eigenvalue weighted by Crippen LogP contribution is -2.64. The van der Waals surface area contributed by atoms with Crippen LogP contribution in [0.1, 0.15) is 28.3 Å². The third-order valence-corrected chi connectivity index (χ3v) is 7.23. The fourth-order valence-electron chi connectivity index (χ4n) is 5.21. The van der Waals surface area contributed by atoms with Gasteiger partial charge in [-0.15, -0.1) is 5.10 Å². The molecule has 37 heavy (non-hydrogen) atoms. The molecule has 0 bridgehead atoms. The summed E-state index contributed by atoms with van der Waals surface area (Å²) in [6, 6.07) is 11.4. The number of fused-ring (bicyclic) bond motifs is 1. The lowest BCUT2D eigenvalue weighted by atomic mass is 9.92. The molecular formula is C25H25FN8O3. The summed E-state index contributed by atoms with van der Waals surface area (Å²) in [5, 5.41) is 30.4. The molecule has 0 radical (unpaired) electrons. The van der Waals surface area contributed by atoms with Gasteiger partial charge in [-0.1, -0.05) is 18.2 Å². The average molecular weight is 505 g/mol. The monoisotopic (exact) mass is 504 g/mol. The minimum absolute atomic E-state index is 0.0214. The quantitative estimate of drug-likeness (QED) is 0.569. The first kappa shape index (κ1) is 24.3. The number of carbonyl (C=O) groups excluding carboxylic acids is 1. The topological polar surface area (TPSA) is 131 Å². The smallest absolute Gasteiger partial charge is 0.407 e. The van der Waals surface area contributed by atoms with Gasteiger partial charge in [0.25, 0.3) is 0 Å². The number of amides is 2. The molecule has 11 nitrogen and oxygen atoms in total. The summed E-state index contributed by atoms with van der Waals surface area (Å²) in [6.45, 7) is 3.82. The van der Waals surface area contributed by atoms with E-state index < -0.39 is 18.0 Å². The number of halogens is 1. The highest BCUT2D eigenvalue weighted by Gasteiger charge is 2.41. The highest BCUT2D eigenvalue weighted by Crippen LogP contribution is 2.33. The Morgan fingerprint density at radius 2 is 1.92 bits per heavy atom. The zero-order chi connectivity index (χ0) is 26.1. The van der Waals surface area contributed by atoms with Crippen molar-refractivity contribution >= 4 is 12.0 Å². The summed E-state index contributed by atoms with van der Waals surface area (Å²) < 4.78 is 15.6. The first-order valence-corrected chi connectivity index (χ1v) is 11.9. The molecule has 2 saturated heterocycles. The van der Waals surface area contributed by atoms with Gasteiger partial charge in [-0.3, -0.25) is 14.6 Å². The van der Waals surface area contributed by atoms with Crippen molar-refractivity contribution in [2.24, 2.45) is 0 Å². The van der Waals surface area contributed by atoms with Crippen LogP contribution in [0, 0.1) is 24.1 Å². The molecule has 2 aliphatic rings. The van der Waals surface area contributed by atoms with Crippen molar-refractivity contribution in [3.63, 3.8) is 0 Å². The number of hydrogen-bond acceptors (Lipinski definition) is 7. The van der Waals surface area contributed by atoms with Crippen LogP contribution in [0.3, 0.4) is 0 Å². The number of piperazine rings is 2. The van der Waals surface area contributed by atoms with Gasteiger partial charge in [0.1, 0.15) is 18.2 Å². The number of aromatic nitrogens is 4. The molecule has 2 aliphatic heterocycles. The zero-order valence-electron chi connectivity index (χ0n) is 20.2. The maximum absolute atomic E-state index is 14.1. The lowest BCUT2D eigenvalue weighted by Gasteiger charge is -2.50. The van der Waals surface area contributed by atoms with Crippen LogP contribution in [0.15, 0.2) is 42.7 Å². The van der Waals surface area contributed by atoms with E-state index in [0.717, 1.165) is 11.3 Å². The maximum Gasteiger partial charge on any atom is 0.407 e. The molecule has 2 aromatic carbocycles. The molecule has 0 aliphatic carbocycles. The molecule has 2 fully saturated rings. The molecule has 2 atom stereocenters. The summed E-state index contributed by atoms with van der Waals surface area (Å²) >= 11 is 0. The number of carbonyl (C=O) groups is 2. The highest BCUT2D eigenvalue weighted by atomic mass is 19.1. The maximum atomic E-state index is 14.1. The summed E-state index contributed by atoms with van der Waals surface area (Å²) in [6.07, 6.45) is 0.645. The fourth-order valence-corrected chi connectivity index (χ4v) is 5.21. The molecule has 0 saturated carbocycles. The van der Waals surface area contributed by atoms with Crippen LogP contribution in [0.2, 0.25) is 0 Å². The van der Waals surface area contributed by atoms with Crippen molar-refractivity contribution < 1.29 is 19.1 Å². The second kappa shape index (κ2) is 9.94. The Balaban J connectivity index is 1.27. The molecule has 3 heterocycles. The molecule has 190 valence electrons. The third kappa shape index (κ3) is 4.73. The summed E-state index contributed by atoms with van der Waals surface area (Å²) in [7, 11) is 0. The minimum Gasteiger partial charge on any atom is -0.465 e. The molecule has 12 heteroatoms. The van der Waals surface area contributed by atoms with Crippen LogP contribution in [0.5, 0.6) is 0 Å². The van der Waals surface area contributed by atoms with Gasteiger partial charge in [0.2, 0.25) is 5.91 Å². The van der Waals surface area contributed by atoms with E-state index in [4.69, 9.17) is 0 Å². The molecule has 1 N–H and O–H groups in total. The summed E-state index contributed by atoms with van der Waals surface area (Å²) in [5.41, 5.74) is 2.67. The summed E-state index contributed by atoms with van der Waals surface area (Å²) in [5.74, 6) is -0.636. The second-order valence-electron chi connectivity index (χ2n) is 9.29. The number of rotatable bonds is 4. The minimum atomic E-state index is -1.09. The van der Waals surface area contributed by atoms with Gasteiger partial charge >= 0.3 is 6.09 Å². The standard InChI is InChI=1S/C25H25FN8O3/c1-16-20(6-7-22(26)21(16)11-27)23-14-31-8-9-32(12-19(31)13-33(23)25(36)37)24(35)10-17-2-4-18(5-3-17)34-15-28-29-30-34/h2-7,15,19,23H,8-10,12-14H2,1H3,(H,36,37). The fraction of sp³-hybridized carbons (Fsp3) is 0.360. The van der Waals surface area contributed by atoms with Crippen LogP contribution in [0.25, 0.3) is 5.69 Å². The van der Waals surface area contributed by atoms with Gasteiger partial charge in [0, 0.05) is 38.8 Å². The Hall–Kier alpha value is -4.37. The first-order valence-electron chi connectivity index (χ1n) is 11.9. The first-order chi connectivity index (χ1) is 17.9. The largest absolute Gasteiger partial charge is 0.465 e. The number of nitrogens with zero attached hydrogens (tertiary/aromatic N) is 8. The van der Waals surface area contributed by atoms with Gasteiger partial charge < -0.3 is 10.0 Å². The number of tetrazole rings is 1. The Morgan fingerprint density at radius 1 is 1.14 bits per heavy atom. The van der Waals surface area contributed by atoms with Gasteiger partial charge in [-0.2, -0.15) is 5.26 Å². The average Bonchev–Trinajstić information content (AvgIpc) is 3.43. The lowest BCUT2D eigenvalue weighted by molar-refractivity contribution is -0.134. The summed E-state index contributed by atoms with van der Waals surface area (Å²) in [4.78, 5) is 30.6. The molecule has 2 amide bonds. The SMILES string of the molecule is Cc1c(C2CN3CCN(C(=O)Cc4ccc(-n5cnnn5)cc4)CC3CN2C(=O)O)ccc(F)c1C#N. The Kier molecular flexibility index (Phi) is 6.54. The van der Waals surface area contributed by atoms with Crippen molar-refractivity contribution in [2.45, 2.75) is 25.4 Å². The van der Waals surface area contributed by atoms with Crippen molar-refractivity contribution in [3.8, 4) is 11.8 Å². The Bertz CT molecular complexity index is 1360. The zero-order valence-corrected chi connectivity index (χ0v) is 20.2. The van der Waals surface area contributed by atoms with Gasteiger partial charge in [0.05, 0.1) is 23.7 Å². The van der Waals surface area contributed by atoms with Crippen LogP contribution < -0.4 is 0 Å². The van der Waals surface area contributed by atoms with Crippen molar-refractivity contribution in [1.82, 2.24) is 34.9 Å². The van der Waals surface area contributed by atoms with E-state index in [0.29, 0.717) is 37.3 Å². The molecule has 2 unspecified atom stereocenters. The highest BCUT2D eigenvalue weighted by molar-refractivity contribution is 5.79. The Labute approximate surface area is 212 Å². The van der Waals surface area contributed by atoms with Crippen molar-refractivity contribution in [2.75, 3.05) is 32.7 Å².